The van der Waals surface area contributed by atoms with Crippen LogP contribution in [0, 0.1) is 0 Å². The molecule has 1 aliphatic rings. The highest BCUT2D eigenvalue weighted by atomic mass is 32.2. The summed E-state index contributed by atoms with van der Waals surface area (Å²) in [7, 11) is -1.55. The largest absolute Gasteiger partial charge is 0.494 e. The highest BCUT2D eigenvalue weighted by Gasteiger charge is 2.35. The monoisotopic (exact) mass is 383 g/mol. The quantitative estimate of drug-likeness (QED) is 0.665. The van der Waals surface area contributed by atoms with Gasteiger partial charge >= 0.3 is 5.97 Å². The molecule has 1 amide bonds. The third-order valence-electron chi connectivity index (χ3n) is 4.30. The molecule has 26 heavy (non-hydrogen) atoms. The van der Waals surface area contributed by atoms with Gasteiger partial charge in [0.05, 0.1) is 23.7 Å². The summed E-state index contributed by atoms with van der Waals surface area (Å²) in [6, 6.07) is 6.14. The Morgan fingerprint density at radius 3 is 2.46 bits per heavy atom. The van der Waals surface area contributed by atoms with Crippen molar-refractivity contribution in [2.45, 2.75) is 38.8 Å². The van der Waals surface area contributed by atoms with Crippen molar-refractivity contribution < 1.29 is 27.5 Å². The molecular weight excluding hydrogens is 358 g/mol. The van der Waals surface area contributed by atoms with Gasteiger partial charge in [0.15, 0.2) is 15.9 Å². The van der Waals surface area contributed by atoms with Crippen LogP contribution < -0.4 is 4.74 Å². The first kappa shape index (κ1) is 20.2. The Balaban J connectivity index is 1.92. The van der Waals surface area contributed by atoms with Crippen LogP contribution in [0.4, 0.5) is 0 Å². The average Bonchev–Trinajstić information content (AvgIpc) is 2.98. The lowest BCUT2D eigenvalue weighted by molar-refractivity contribution is -0.140. The topological polar surface area (TPSA) is 90.0 Å². The molecule has 1 aromatic carbocycles. The van der Waals surface area contributed by atoms with Gasteiger partial charge in [-0.2, -0.15) is 0 Å². The van der Waals surface area contributed by atoms with Crippen LogP contribution >= 0.6 is 0 Å². The van der Waals surface area contributed by atoms with Crippen molar-refractivity contribution in [3.8, 4) is 5.75 Å². The van der Waals surface area contributed by atoms with Crippen molar-refractivity contribution in [2.24, 2.45) is 0 Å². The van der Waals surface area contributed by atoms with Gasteiger partial charge in [0, 0.05) is 13.1 Å². The van der Waals surface area contributed by atoms with E-state index in [2.05, 4.69) is 0 Å². The van der Waals surface area contributed by atoms with Gasteiger partial charge in [0.1, 0.15) is 5.75 Å². The Morgan fingerprint density at radius 2 is 1.92 bits per heavy atom. The van der Waals surface area contributed by atoms with Crippen LogP contribution in [0.15, 0.2) is 24.3 Å². The van der Waals surface area contributed by atoms with Gasteiger partial charge in [-0.25, -0.2) is 13.2 Å². The molecule has 0 radical (unpaired) electrons. The molecule has 1 fully saturated rings. The molecule has 0 saturated carbocycles. The van der Waals surface area contributed by atoms with E-state index in [0.29, 0.717) is 24.3 Å². The highest BCUT2D eigenvalue weighted by molar-refractivity contribution is 7.91. The maximum Gasteiger partial charge on any atom is 0.338 e. The van der Waals surface area contributed by atoms with Gasteiger partial charge in [-0.05, 0) is 44.0 Å². The minimum Gasteiger partial charge on any atom is -0.494 e. The first-order chi connectivity index (χ1) is 12.2. The van der Waals surface area contributed by atoms with Crippen molar-refractivity contribution in [2.75, 3.05) is 25.2 Å². The second-order valence-electron chi connectivity index (χ2n) is 6.43. The van der Waals surface area contributed by atoms with Gasteiger partial charge in [0.25, 0.3) is 5.91 Å². The van der Waals surface area contributed by atoms with Crippen molar-refractivity contribution in [1.29, 1.82) is 0 Å². The van der Waals surface area contributed by atoms with Crippen LogP contribution in [0.5, 0.6) is 5.75 Å². The Kier molecular flexibility index (Phi) is 6.63. The van der Waals surface area contributed by atoms with Crippen LogP contribution in [0.3, 0.4) is 0 Å². The Labute approximate surface area is 154 Å². The van der Waals surface area contributed by atoms with E-state index in [1.54, 1.807) is 24.3 Å². The number of nitrogens with zero attached hydrogens (tertiary/aromatic N) is 1. The predicted octanol–water partition coefficient (Wildman–Crippen LogP) is 1.67. The van der Waals surface area contributed by atoms with E-state index in [0.717, 1.165) is 6.42 Å². The Morgan fingerprint density at radius 1 is 1.27 bits per heavy atom. The molecule has 1 aliphatic heterocycles. The molecule has 1 aromatic rings. The van der Waals surface area contributed by atoms with Crippen LogP contribution in [0.2, 0.25) is 0 Å². The lowest BCUT2D eigenvalue weighted by Crippen LogP contribution is -2.44. The lowest BCUT2D eigenvalue weighted by atomic mass is 10.2. The van der Waals surface area contributed by atoms with Gasteiger partial charge in [0.2, 0.25) is 0 Å². The summed E-state index contributed by atoms with van der Waals surface area (Å²) in [4.78, 5) is 26.0. The van der Waals surface area contributed by atoms with Crippen LogP contribution in [0.1, 0.15) is 37.0 Å². The molecule has 0 N–H and O–H groups in total. The number of hydrogen-bond acceptors (Lipinski definition) is 6. The number of sulfone groups is 1. The zero-order valence-electron chi connectivity index (χ0n) is 15.3. The molecule has 0 aliphatic carbocycles. The molecule has 0 aromatic heterocycles. The molecule has 8 heteroatoms. The van der Waals surface area contributed by atoms with Crippen molar-refractivity contribution in [3.63, 3.8) is 0 Å². The third kappa shape index (κ3) is 5.20. The number of carbonyl (C=O) groups is 2. The number of rotatable bonds is 7. The summed E-state index contributed by atoms with van der Waals surface area (Å²) in [5.41, 5.74) is 0.319. The first-order valence-corrected chi connectivity index (χ1v) is 10.5. The van der Waals surface area contributed by atoms with Crippen LogP contribution in [-0.2, 0) is 19.4 Å². The van der Waals surface area contributed by atoms with E-state index < -0.39 is 27.8 Å². The fourth-order valence-electron chi connectivity index (χ4n) is 2.73. The molecule has 0 spiro atoms. The second kappa shape index (κ2) is 8.53. The fourth-order valence-corrected chi connectivity index (χ4v) is 4.51. The maximum absolute atomic E-state index is 12.4. The third-order valence-corrected chi connectivity index (χ3v) is 6.05. The number of amides is 1. The number of ether oxygens (including phenoxy) is 2. The van der Waals surface area contributed by atoms with E-state index in [1.807, 2.05) is 6.92 Å². The SMILES string of the molecule is CCCOc1ccc(C(=O)O[C@H](C)C(=O)N(C)[C@@H]2CCS(=O)(=O)C2)cc1. The predicted molar refractivity (Wildman–Crippen MR) is 96.9 cm³/mol. The summed E-state index contributed by atoms with van der Waals surface area (Å²) in [5.74, 6) is -0.330. The Bertz CT molecular complexity index is 743. The zero-order valence-corrected chi connectivity index (χ0v) is 16.1. The standard InChI is InChI=1S/C18H25NO6S/c1-4-10-24-16-7-5-14(6-8-16)18(21)25-13(2)17(20)19(3)15-9-11-26(22,23)12-15/h5-8,13,15H,4,9-12H2,1-3H3/t13-,15-/m1/s1. The smallest absolute Gasteiger partial charge is 0.338 e. The van der Waals surface area contributed by atoms with Gasteiger partial charge in [-0.3, -0.25) is 4.79 Å². The number of carbonyl (C=O) groups excluding carboxylic acids is 2. The minimum atomic E-state index is -3.09. The lowest BCUT2D eigenvalue weighted by Gasteiger charge is -2.26. The van der Waals surface area contributed by atoms with Crippen molar-refractivity contribution in [1.82, 2.24) is 4.90 Å². The molecule has 0 bridgehead atoms. The van der Waals surface area contributed by atoms with Gasteiger partial charge in [-0.1, -0.05) is 6.92 Å². The second-order valence-corrected chi connectivity index (χ2v) is 8.66. The normalized spacial score (nSPS) is 19.6. The zero-order chi connectivity index (χ0) is 19.3. The molecular formula is C18H25NO6S. The number of likely N-dealkylation sites (N-methyl/N-ethyl adjacent to an activating group) is 1. The summed E-state index contributed by atoms with van der Waals surface area (Å²) >= 11 is 0. The minimum absolute atomic E-state index is 0.0465. The molecule has 2 atom stereocenters. The Hall–Kier alpha value is -2.09. The molecule has 0 unspecified atom stereocenters. The summed E-state index contributed by atoms with van der Waals surface area (Å²) in [6.07, 6.45) is 0.302. The summed E-state index contributed by atoms with van der Waals surface area (Å²) in [6.45, 7) is 4.08. The molecule has 2 rings (SSSR count). The van der Waals surface area contributed by atoms with E-state index in [9.17, 15) is 18.0 Å². The average molecular weight is 383 g/mol. The number of hydrogen-bond donors (Lipinski definition) is 0. The van der Waals surface area contributed by atoms with Gasteiger partial charge in [-0.15, -0.1) is 0 Å². The van der Waals surface area contributed by atoms with Crippen molar-refractivity contribution in [3.05, 3.63) is 29.8 Å². The van der Waals surface area contributed by atoms with E-state index >= 15 is 0 Å². The van der Waals surface area contributed by atoms with Crippen molar-refractivity contribution >= 4 is 21.7 Å². The first-order valence-electron chi connectivity index (χ1n) is 8.64. The highest BCUT2D eigenvalue weighted by Crippen LogP contribution is 2.18. The molecule has 7 nitrogen and oxygen atoms in total. The van der Waals surface area contributed by atoms with Crippen LogP contribution in [0.25, 0.3) is 0 Å². The summed E-state index contributed by atoms with van der Waals surface area (Å²) < 4.78 is 33.8. The van der Waals surface area contributed by atoms with Crippen LogP contribution in [-0.4, -0.2) is 62.5 Å². The summed E-state index contributed by atoms with van der Waals surface area (Å²) in [5, 5.41) is 0. The van der Waals surface area contributed by atoms with E-state index in [4.69, 9.17) is 9.47 Å². The molecule has 144 valence electrons. The molecule has 1 heterocycles. The van der Waals surface area contributed by atoms with E-state index in [-0.39, 0.29) is 17.5 Å². The molecule has 1 saturated heterocycles. The number of esters is 1. The van der Waals surface area contributed by atoms with E-state index in [1.165, 1.54) is 18.9 Å². The maximum atomic E-state index is 12.4. The number of benzene rings is 1. The fraction of sp³-hybridized carbons (Fsp3) is 0.556. The van der Waals surface area contributed by atoms with Gasteiger partial charge < -0.3 is 14.4 Å².